The van der Waals surface area contributed by atoms with E-state index in [1.54, 1.807) is 25.2 Å². The molecule has 0 unspecified atom stereocenters. The first-order valence-corrected chi connectivity index (χ1v) is 7.92. The summed E-state index contributed by atoms with van der Waals surface area (Å²) in [7, 11) is 1.59. The van der Waals surface area contributed by atoms with Gasteiger partial charge in [0.2, 0.25) is 11.8 Å². The Hall–Kier alpha value is -2.53. The van der Waals surface area contributed by atoms with Crippen LogP contribution in [0.25, 0.3) is 0 Å². The molecule has 0 saturated carbocycles. The lowest BCUT2D eigenvalue weighted by atomic mass is 10.2. The molecule has 0 spiro atoms. The van der Waals surface area contributed by atoms with Gasteiger partial charge < -0.3 is 15.5 Å². The molecule has 0 bridgehead atoms. The molecular weight excluding hydrogens is 326 g/mol. The van der Waals surface area contributed by atoms with Crippen LogP contribution < -0.4 is 10.6 Å². The van der Waals surface area contributed by atoms with Crippen LogP contribution in [0.4, 0.5) is 11.4 Å². The van der Waals surface area contributed by atoms with Crippen LogP contribution in [0.1, 0.15) is 5.56 Å². The predicted molar refractivity (Wildman–Crippen MR) is 97.4 cm³/mol. The SMILES string of the molecule is Cc1ccc(NC(=O)CN(C)C(=O)CNc2cccc(Cl)c2)cc1. The fourth-order valence-corrected chi connectivity index (χ4v) is 2.24. The minimum atomic E-state index is -0.238. The van der Waals surface area contributed by atoms with Crippen molar-refractivity contribution < 1.29 is 9.59 Å². The Labute approximate surface area is 146 Å². The van der Waals surface area contributed by atoms with Crippen LogP contribution in [0, 0.1) is 6.92 Å². The summed E-state index contributed by atoms with van der Waals surface area (Å²) >= 11 is 5.89. The molecule has 2 amide bonds. The van der Waals surface area contributed by atoms with Crippen LogP contribution >= 0.6 is 11.6 Å². The molecular formula is C18H20ClN3O2. The standard InChI is InChI=1S/C18H20ClN3O2/c1-13-6-8-15(9-7-13)21-17(23)12-22(2)18(24)11-20-16-5-3-4-14(19)10-16/h3-10,20H,11-12H2,1-2H3,(H,21,23). The quantitative estimate of drug-likeness (QED) is 0.845. The van der Waals surface area contributed by atoms with Gasteiger partial charge in [0.1, 0.15) is 0 Å². The molecule has 0 aliphatic carbocycles. The number of nitrogens with one attached hydrogen (secondary N) is 2. The molecule has 2 aromatic rings. The van der Waals surface area contributed by atoms with E-state index in [1.165, 1.54) is 4.90 Å². The number of hydrogen-bond donors (Lipinski definition) is 2. The summed E-state index contributed by atoms with van der Waals surface area (Å²) in [4.78, 5) is 25.4. The van der Waals surface area contributed by atoms with Crippen molar-refractivity contribution in [2.24, 2.45) is 0 Å². The number of halogens is 1. The maximum Gasteiger partial charge on any atom is 0.243 e. The topological polar surface area (TPSA) is 61.4 Å². The molecule has 2 rings (SSSR count). The van der Waals surface area contributed by atoms with Crippen molar-refractivity contribution in [1.82, 2.24) is 4.90 Å². The van der Waals surface area contributed by atoms with Crippen LogP contribution in [0.15, 0.2) is 48.5 Å². The number of likely N-dealkylation sites (N-methyl/N-ethyl adjacent to an activating group) is 1. The Morgan fingerprint density at radius 1 is 1.08 bits per heavy atom. The number of benzene rings is 2. The number of amides is 2. The molecule has 0 saturated heterocycles. The minimum absolute atomic E-state index is 0.00998. The third-order valence-corrected chi connectivity index (χ3v) is 3.65. The number of nitrogens with zero attached hydrogens (tertiary/aromatic N) is 1. The van der Waals surface area contributed by atoms with Crippen molar-refractivity contribution in [3.63, 3.8) is 0 Å². The van der Waals surface area contributed by atoms with Gasteiger partial charge >= 0.3 is 0 Å². The van der Waals surface area contributed by atoms with Gasteiger partial charge in [-0.15, -0.1) is 0 Å². The van der Waals surface area contributed by atoms with Gasteiger partial charge in [0.15, 0.2) is 0 Å². The maximum atomic E-state index is 12.1. The second kappa shape index (κ2) is 8.36. The highest BCUT2D eigenvalue weighted by atomic mass is 35.5. The van der Waals surface area contributed by atoms with Gasteiger partial charge in [0.25, 0.3) is 0 Å². The Balaban J connectivity index is 1.80. The van der Waals surface area contributed by atoms with Gasteiger partial charge in [-0.3, -0.25) is 9.59 Å². The summed E-state index contributed by atoms with van der Waals surface area (Å²) in [6.45, 7) is 2.06. The average molecular weight is 346 g/mol. The molecule has 0 atom stereocenters. The third-order valence-electron chi connectivity index (χ3n) is 3.41. The average Bonchev–Trinajstić information content (AvgIpc) is 2.54. The number of carbonyl (C=O) groups excluding carboxylic acids is 2. The van der Waals surface area contributed by atoms with E-state index in [4.69, 9.17) is 11.6 Å². The number of anilines is 2. The van der Waals surface area contributed by atoms with Gasteiger partial charge in [0.05, 0.1) is 13.1 Å². The predicted octanol–water partition coefficient (Wildman–Crippen LogP) is 3.16. The van der Waals surface area contributed by atoms with Gasteiger partial charge in [-0.05, 0) is 37.3 Å². The van der Waals surface area contributed by atoms with Crippen molar-refractivity contribution in [2.45, 2.75) is 6.92 Å². The highest BCUT2D eigenvalue weighted by Crippen LogP contribution is 2.14. The fourth-order valence-electron chi connectivity index (χ4n) is 2.05. The van der Waals surface area contributed by atoms with Crippen molar-refractivity contribution >= 4 is 34.8 Å². The van der Waals surface area contributed by atoms with E-state index in [0.29, 0.717) is 10.7 Å². The summed E-state index contributed by atoms with van der Waals surface area (Å²) in [5, 5.41) is 6.35. The molecule has 5 nitrogen and oxygen atoms in total. The number of carbonyl (C=O) groups is 2. The summed E-state index contributed by atoms with van der Waals surface area (Å²) < 4.78 is 0. The Bertz CT molecular complexity index is 716. The second-order valence-corrected chi connectivity index (χ2v) is 5.96. The van der Waals surface area contributed by atoms with E-state index >= 15 is 0 Å². The van der Waals surface area contributed by atoms with E-state index < -0.39 is 0 Å². The molecule has 6 heteroatoms. The van der Waals surface area contributed by atoms with Crippen molar-refractivity contribution in [3.8, 4) is 0 Å². The van der Waals surface area contributed by atoms with Crippen LogP contribution in [0.5, 0.6) is 0 Å². The highest BCUT2D eigenvalue weighted by Gasteiger charge is 2.13. The van der Waals surface area contributed by atoms with E-state index in [2.05, 4.69) is 10.6 Å². The highest BCUT2D eigenvalue weighted by molar-refractivity contribution is 6.30. The molecule has 2 aromatic carbocycles. The fraction of sp³-hybridized carbons (Fsp3) is 0.222. The summed E-state index contributed by atoms with van der Waals surface area (Å²) in [5.74, 6) is -0.425. The van der Waals surface area contributed by atoms with Crippen molar-refractivity contribution in [3.05, 3.63) is 59.1 Å². The molecule has 0 radical (unpaired) electrons. The summed E-state index contributed by atoms with van der Waals surface area (Å²) in [5.41, 5.74) is 2.59. The van der Waals surface area contributed by atoms with E-state index in [9.17, 15) is 9.59 Å². The van der Waals surface area contributed by atoms with E-state index in [-0.39, 0.29) is 24.9 Å². The first-order chi connectivity index (χ1) is 11.4. The first kappa shape index (κ1) is 17.8. The van der Waals surface area contributed by atoms with Crippen LogP contribution in [-0.2, 0) is 9.59 Å². The largest absolute Gasteiger partial charge is 0.376 e. The van der Waals surface area contributed by atoms with E-state index in [1.807, 2.05) is 37.3 Å². The molecule has 0 fully saturated rings. The number of aryl methyl sites for hydroxylation is 1. The number of rotatable bonds is 6. The lowest BCUT2D eigenvalue weighted by Gasteiger charge is -2.17. The lowest BCUT2D eigenvalue weighted by molar-refractivity contribution is -0.131. The smallest absolute Gasteiger partial charge is 0.243 e. The second-order valence-electron chi connectivity index (χ2n) is 5.53. The lowest BCUT2D eigenvalue weighted by Crippen LogP contribution is -2.38. The summed E-state index contributed by atoms with van der Waals surface area (Å²) in [6, 6.07) is 14.6. The van der Waals surface area contributed by atoms with Crippen LogP contribution in [0.3, 0.4) is 0 Å². The van der Waals surface area contributed by atoms with Gasteiger partial charge in [-0.25, -0.2) is 0 Å². The molecule has 0 heterocycles. The van der Waals surface area contributed by atoms with Crippen LogP contribution in [0.2, 0.25) is 5.02 Å². The molecule has 126 valence electrons. The van der Waals surface area contributed by atoms with Gasteiger partial charge in [0, 0.05) is 23.4 Å². The third kappa shape index (κ3) is 5.59. The van der Waals surface area contributed by atoms with Gasteiger partial charge in [-0.2, -0.15) is 0 Å². The van der Waals surface area contributed by atoms with Crippen molar-refractivity contribution in [2.75, 3.05) is 30.8 Å². The Kier molecular flexibility index (Phi) is 6.21. The molecule has 24 heavy (non-hydrogen) atoms. The minimum Gasteiger partial charge on any atom is -0.376 e. The monoisotopic (exact) mass is 345 g/mol. The maximum absolute atomic E-state index is 12.1. The zero-order chi connectivity index (χ0) is 17.5. The van der Waals surface area contributed by atoms with Crippen molar-refractivity contribution in [1.29, 1.82) is 0 Å². The zero-order valence-corrected chi connectivity index (χ0v) is 14.4. The molecule has 2 N–H and O–H groups in total. The van der Waals surface area contributed by atoms with Gasteiger partial charge in [-0.1, -0.05) is 35.4 Å². The Morgan fingerprint density at radius 2 is 1.79 bits per heavy atom. The normalized spacial score (nSPS) is 10.1. The first-order valence-electron chi connectivity index (χ1n) is 7.54. The van der Waals surface area contributed by atoms with E-state index in [0.717, 1.165) is 11.3 Å². The number of hydrogen-bond acceptors (Lipinski definition) is 3. The van der Waals surface area contributed by atoms with Crippen LogP contribution in [-0.4, -0.2) is 36.9 Å². The molecule has 0 aliphatic heterocycles. The summed E-state index contributed by atoms with van der Waals surface area (Å²) in [6.07, 6.45) is 0. The molecule has 0 aromatic heterocycles. The zero-order valence-electron chi connectivity index (χ0n) is 13.7. The Morgan fingerprint density at radius 3 is 2.46 bits per heavy atom. The molecule has 0 aliphatic rings.